The van der Waals surface area contributed by atoms with Crippen LogP contribution in [-0.2, 0) is 0 Å². The second-order valence-electron chi connectivity index (χ2n) is 3.25. The fourth-order valence-corrected chi connectivity index (χ4v) is 1.97. The first-order valence-corrected chi connectivity index (χ1v) is 5.35. The first-order valence-electron chi connectivity index (χ1n) is 4.60. The Balaban J connectivity index is 2.54. The van der Waals surface area contributed by atoms with Gasteiger partial charge in [0.25, 0.3) is 5.91 Å². The number of carbonyl (C=O) groups excluding carboxylic acids is 1. The van der Waals surface area contributed by atoms with Gasteiger partial charge in [0.2, 0.25) is 0 Å². The fourth-order valence-electron chi connectivity index (χ4n) is 1.42. The van der Waals surface area contributed by atoms with Crippen molar-refractivity contribution in [3.63, 3.8) is 0 Å². The molecular formula is C11H8Cl2N2O. The van der Waals surface area contributed by atoms with Gasteiger partial charge in [-0.3, -0.25) is 9.36 Å². The van der Waals surface area contributed by atoms with E-state index in [0.717, 1.165) is 0 Å². The minimum Gasteiger partial charge on any atom is -0.270 e. The highest BCUT2D eigenvalue weighted by Crippen LogP contribution is 2.25. The van der Waals surface area contributed by atoms with E-state index in [4.69, 9.17) is 23.2 Å². The van der Waals surface area contributed by atoms with Crippen molar-refractivity contribution in [1.29, 1.82) is 0 Å². The average Bonchev–Trinajstić information content (AvgIpc) is 2.64. The maximum atomic E-state index is 12.1. The van der Waals surface area contributed by atoms with E-state index in [0.29, 0.717) is 21.4 Å². The number of benzene rings is 1. The van der Waals surface area contributed by atoms with Crippen molar-refractivity contribution in [1.82, 2.24) is 9.55 Å². The van der Waals surface area contributed by atoms with Crippen LogP contribution in [0.15, 0.2) is 30.6 Å². The molecule has 0 fully saturated rings. The first kappa shape index (κ1) is 11.2. The highest BCUT2D eigenvalue weighted by Gasteiger charge is 2.17. The van der Waals surface area contributed by atoms with Crippen molar-refractivity contribution in [3.05, 3.63) is 52.0 Å². The number of nitrogens with zero attached hydrogens (tertiary/aromatic N) is 2. The number of carbonyl (C=O) groups is 1. The van der Waals surface area contributed by atoms with Gasteiger partial charge in [0.1, 0.15) is 5.82 Å². The SMILES string of the molecule is Cc1nccn1C(=O)c1c(Cl)cccc1Cl. The van der Waals surface area contributed by atoms with Crippen molar-refractivity contribution in [3.8, 4) is 0 Å². The van der Waals surface area contributed by atoms with Gasteiger partial charge in [-0.1, -0.05) is 29.3 Å². The van der Waals surface area contributed by atoms with Gasteiger partial charge in [0.05, 0.1) is 15.6 Å². The molecule has 0 saturated carbocycles. The molecule has 0 radical (unpaired) electrons. The lowest BCUT2D eigenvalue weighted by molar-refractivity contribution is 0.0958. The molecule has 0 bridgehead atoms. The van der Waals surface area contributed by atoms with Crippen LogP contribution in [0.1, 0.15) is 16.2 Å². The van der Waals surface area contributed by atoms with Gasteiger partial charge in [0, 0.05) is 12.4 Å². The van der Waals surface area contributed by atoms with Crippen molar-refractivity contribution in [2.75, 3.05) is 0 Å². The zero-order chi connectivity index (χ0) is 11.7. The summed E-state index contributed by atoms with van der Waals surface area (Å²) in [5.74, 6) is 0.326. The lowest BCUT2D eigenvalue weighted by atomic mass is 10.2. The summed E-state index contributed by atoms with van der Waals surface area (Å²) in [6.45, 7) is 1.74. The Hall–Kier alpha value is -1.32. The van der Waals surface area contributed by atoms with Crippen molar-refractivity contribution < 1.29 is 4.79 Å². The van der Waals surface area contributed by atoms with Crippen molar-refractivity contribution in [2.24, 2.45) is 0 Å². The fraction of sp³-hybridized carbons (Fsp3) is 0.0909. The molecule has 0 N–H and O–H groups in total. The molecule has 0 aliphatic carbocycles. The van der Waals surface area contributed by atoms with E-state index in [2.05, 4.69) is 4.98 Å². The van der Waals surface area contributed by atoms with Crippen LogP contribution in [0.4, 0.5) is 0 Å². The van der Waals surface area contributed by atoms with E-state index in [1.807, 2.05) is 0 Å². The summed E-state index contributed by atoms with van der Waals surface area (Å²) in [6.07, 6.45) is 3.13. The van der Waals surface area contributed by atoms with Crippen LogP contribution < -0.4 is 0 Å². The quantitative estimate of drug-likeness (QED) is 0.784. The molecule has 0 amide bonds. The van der Waals surface area contributed by atoms with Crippen LogP contribution in [0, 0.1) is 6.92 Å². The standard InChI is InChI=1S/C11H8Cl2N2O/c1-7-14-5-6-15(7)11(16)10-8(12)3-2-4-9(10)13/h2-6H,1H3. The Bertz CT molecular complexity index is 528. The van der Waals surface area contributed by atoms with Crippen molar-refractivity contribution in [2.45, 2.75) is 6.92 Å². The number of halogens is 2. The molecule has 1 aromatic carbocycles. The monoisotopic (exact) mass is 254 g/mol. The molecule has 0 spiro atoms. The summed E-state index contributed by atoms with van der Waals surface area (Å²) in [5, 5.41) is 0.677. The van der Waals surface area contributed by atoms with E-state index in [1.54, 1.807) is 37.5 Å². The van der Waals surface area contributed by atoms with Gasteiger partial charge in [-0.25, -0.2) is 4.98 Å². The maximum Gasteiger partial charge on any atom is 0.266 e. The molecule has 2 aromatic rings. The number of aryl methyl sites for hydroxylation is 1. The minimum absolute atomic E-state index is 0.273. The topological polar surface area (TPSA) is 34.9 Å². The lowest BCUT2D eigenvalue weighted by Gasteiger charge is -2.07. The molecule has 2 rings (SSSR count). The molecule has 82 valence electrons. The minimum atomic E-state index is -0.273. The Kier molecular flexibility index (Phi) is 2.99. The third-order valence-electron chi connectivity index (χ3n) is 2.22. The maximum absolute atomic E-state index is 12.1. The predicted molar refractivity (Wildman–Crippen MR) is 63.2 cm³/mol. The highest BCUT2D eigenvalue weighted by molar-refractivity contribution is 6.39. The Morgan fingerprint density at radius 3 is 2.44 bits per heavy atom. The zero-order valence-corrected chi connectivity index (χ0v) is 9.96. The summed E-state index contributed by atoms with van der Waals surface area (Å²) >= 11 is 11.9. The molecular weight excluding hydrogens is 247 g/mol. The Morgan fingerprint density at radius 1 is 1.31 bits per heavy atom. The molecule has 0 unspecified atom stereocenters. The second-order valence-corrected chi connectivity index (χ2v) is 4.06. The van der Waals surface area contributed by atoms with Crippen LogP contribution >= 0.6 is 23.2 Å². The van der Waals surface area contributed by atoms with E-state index in [1.165, 1.54) is 4.57 Å². The molecule has 0 aliphatic rings. The summed E-state index contributed by atoms with van der Waals surface area (Å²) in [7, 11) is 0. The number of hydrogen-bond acceptors (Lipinski definition) is 2. The van der Waals surface area contributed by atoms with E-state index < -0.39 is 0 Å². The molecule has 5 heteroatoms. The third kappa shape index (κ3) is 1.84. The van der Waals surface area contributed by atoms with Crippen LogP contribution in [-0.4, -0.2) is 15.5 Å². The number of hydrogen-bond donors (Lipinski definition) is 0. The smallest absolute Gasteiger partial charge is 0.266 e. The first-order chi connectivity index (χ1) is 7.61. The van der Waals surface area contributed by atoms with Crippen molar-refractivity contribution >= 4 is 29.1 Å². The van der Waals surface area contributed by atoms with Crippen LogP contribution in [0.25, 0.3) is 0 Å². The molecule has 1 aromatic heterocycles. The van der Waals surface area contributed by atoms with Gasteiger partial charge in [-0.05, 0) is 19.1 Å². The number of rotatable bonds is 1. The average molecular weight is 255 g/mol. The molecule has 0 atom stereocenters. The predicted octanol–water partition coefficient (Wildman–Crippen LogP) is 3.19. The molecule has 16 heavy (non-hydrogen) atoms. The van der Waals surface area contributed by atoms with Gasteiger partial charge in [-0.15, -0.1) is 0 Å². The zero-order valence-electron chi connectivity index (χ0n) is 8.45. The van der Waals surface area contributed by atoms with Gasteiger partial charge >= 0.3 is 0 Å². The molecule has 1 heterocycles. The van der Waals surface area contributed by atoms with E-state index >= 15 is 0 Å². The highest BCUT2D eigenvalue weighted by atomic mass is 35.5. The summed E-state index contributed by atoms with van der Waals surface area (Å²) in [4.78, 5) is 16.1. The summed E-state index contributed by atoms with van der Waals surface area (Å²) < 4.78 is 1.41. The number of imidazole rings is 1. The van der Waals surface area contributed by atoms with Crippen LogP contribution in [0.5, 0.6) is 0 Å². The third-order valence-corrected chi connectivity index (χ3v) is 2.85. The molecule has 0 aliphatic heterocycles. The van der Waals surface area contributed by atoms with E-state index in [-0.39, 0.29) is 5.91 Å². The lowest BCUT2D eigenvalue weighted by Crippen LogP contribution is -2.13. The summed E-state index contributed by atoms with van der Waals surface area (Å²) in [5.41, 5.74) is 0.298. The van der Waals surface area contributed by atoms with Crippen LogP contribution in [0.2, 0.25) is 10.0 Å². The summed E-state index contributed by atoms with van der Waals surface area (Å²) in [6, 6.07) is 4.96. The van der Waals surface area contributed by atoms with Gasteiger partial charge in [0.15, 0.2) is 0 Å². The normalized spacial score (nSPS) is 10.4. The van der Waals surface area contributed by atoms with Crippen LogP contribution in [0.3, 0.4) is 0 Å². The van der Waals surface area contributed by atoms with Gasteiger partial charge in [-0.2, -0.15) is 0 Å². The Morgan fingerprint density at radius 2 is 1.94 bits per heavy atom. The molecule has 3 nitrogen and oxygen atoms in total. The Labute approximate surface area is 103 Å². The van der Waals surface area contributed by atoms with E-state index in [9.17, 15) is 4.79 Å². The molecule has 0 saturated heterocycles. The largest absolute Gasteiger partial charge is 0.270 e. The number of aromatic nitrogens is 2. The second kappa shape index (κ2) is 4.28. The van der Waals surface area contributed by atoms with Gasteiger partial charge < -0.3 is 0 Å².